The summed E-state index contributed by atoms with van der Waals surface area (Å²) in [5.41, 5.74) is 6.40. The van der Waals surface area contributed by atoms with E-state index in [0.717, 1.165) is 18.4 Å². The maximum absolute atomic E-state index is 11.6. The Hall–Kier alpha value is -1.36. The van der Waals surface area contributed by atoms with Gasteiger partial charge in [-0.15, -0.1) is 0 Å². The first-order valence-electron chi connectivity index (χ1n) is 5.63. The Bertz CT molecular complexity index is 334. The number of aryl methyl sites for hydroxylation is 1. The first-order chi connectivity index (χ1) is 7.63. The Balaban J connectivity index is 2.29. The number of aromatic nitrogens is 2. The predicted octanol–water partition coefficient (Wildman–Crippen LogP) is 1.42. The normalized spacial score (nSPS) is 12.4. The van der Waals surface area contributed by atoms with Crippen LogP contribution in [0, 0.1) is 12.8 Å². The van der Waals surface area contributed by atoms with Crippen molar-refractivity contribution in [2.24, 2.45) is 11.7 Å². The Labute approximate surface area is 95.8 Å². The van der Waals surface area contributed by atoms with Crippen LogP contribution in [0.25, 0.3) is 0 Å². The Morgan fingerprint density at radius 1 is 1.62 bits per heavy atom. The number of nitrogens with zero attached hydrogens (tertiary/aromatic N) is 1. The van der Waals surface area contributed by atoms with Gasteiger partial charge in [0.2, 0.25) is 5.91 Å². The first-order valence-corrected chi connectivity index (χ1v) is 5.63. The van der Waals surface area contributed by atoms with Crippen LogP contribution in [0.15, 0.2) is 6.20 Å². The number of amides is 1. The van der Waals surface area contributed by atoms with Gasteiger partial charge in [-0.25, -0.2) is 0 Å². The average molecular weight is 224 g/mol. The molecule has 1 heterocycles. The van der Waals surface area contributed by atoms with Gasteiger partial charge in [-0.2, -0.15) is 5.10 Å². The van der Waals surface area contributed by atoms with E-state index in [2.05, 4.69) is 22.4 Å². The largest absolute Gasteiger partial charge is 0.330 e. The van der Waals surface area contributed by atoms with E-state index < -0.39 is 0 Å². The van der Waals surface area contributed by atoms with Gasteiger partial charge < -0.3 is 11.1 Å². The van der Waals surface area contributed by atoms with Crippen molar-refractivity contribution in [2.75, 3.05) is 11.9 Å². The molecule has 5 heteroatoms. The zero-order valence-electron chi connectivity index (χ0n) is 9.92. The monoisotopic (exact) mass is 224 g/mol. The quantitative estimate of drug-likeness (QED) is 0.683. The molecule has 0 radical (unpaired) electrons. The number of hydrogen-bond donors (Lipinski definition) is 3. The lowest BCUT2D eigenvalue weighted by molar-refractivity contribution is -0.116. The summed E-state index contributed by atoms with van der Waals surface area (Å²) in [5.74, 6) is 1.21. The molecule has 4 N–H and O–H groups in total. The van der Waals surface area contributed by atoms with E-state index in [4.69, 9.17) is 5.73 Å². The third-order valence-electron chi connectivity index (χ3n) is 2.62. The van der Waals surface area contributed by atoms with Crippen LogP contribution in [0.4, 0.5) is 5.82 Å². The molecule has 0 saturated carbocycles. The maximum Gasteiger partial charge on any atom is 0.225 e. The van der Waals surface area contributed by atoms with Gasteiger partial charge in [-0.3, -0.25) is 9.89 Å². The Morgan fingerprint density at radius 2 is 2.38 bits per heavy atom. The highest BCUT2D eigenvalue weighted by Crippen LogP contribution is 2.12. The molecular formula is C11H20N4O. The zero-order valence-corrected chi connectivity index (χ0v) is 9.92. The van der Waals surface area contributed by atoms with Gasteiger partial charge in [0.1, 0.15) is 5.82 Å². The second-order valence-electron chi connectivity index (χ2n) is 4.20. The molecule has 0 bridgehead atoms. The van der Waals surface area contributed by atoms with Gasteiger partial charge in [0.15, 0.2) is 0 Å². The molecule has 1 rings (SSSR count). The number of nitrogens with two attached hydrogens (primary N) is 1. The summed E-state index contributed by atoms with van der Waals surface area (Å²) in [6.07, 6.45) is 4.05. The average Bonchev–Trinajstić information content (AvgIpc) is 2.62. The number of nitrogens with one attached hydrogen (secondary N) is 2. The van der Waals surface area contributed by atoms with Crippen LogP contribution >= 0.6 is 0 Å². The number of carbonyl (C=O) groups is 1. The number of hydrogen-bond acceptors (Lipinski definition) is 3. The summed E-state index contributed by atoms with van der Waals surface area (Å²) >= 11 is 0. The van der Waals surface area contributed by atoms with Crippen molar-refractivity contribution >= 4 is 11.7 Å². The molecule has 0 fully saturated rings. The Morgan fingerprint density at radius 3 is 2.94 bits per heavy atom. The molecule has 1 unspecified atom stereocenters. The molecule has 0 spiro atoms. The third-order valence-corrected chi connectivity index (χ3v) is 2.62. The van der Waals surface area contributed by atoms with Crippen LogP contribution in [0.3, 0.4) is 0 Å². The van der Waals surface area contributed by atoms with E-state index in [0.29, 0.717) is 24.7 Å². The maximum atomic E-state index is 11.6. The number of H-pyrrole nitrogens is 1. The minimum Gasteiger partial charge on any atom is -0.330 e. The number of rotatable bonds is 6. The molecule has 90 valence electrons. The van der Waals surface area contributed by atoms with Crippen LogP contribution in [0.1, 0.15) is 31.7 Å². The van der Waals surface area contributed by atoms with E-state index in [1.54, 1.807) is 6.20 Å². The highest BCUT2D eigenvalue weighted by Gasteiger charge is 2.08. The van der Waals surface area contributed by atoms with Crippen molar-refractivity contribution in [3.05, 3.63) is 11.8 Å². The lowest BCUT2D eigenvalue weighted by Gasteiger charge is -2.09. The topological polar surface area (TPSA) is 83.8 Å². The van der Waals surface area contributed by atoms with Crippen molar-refractivity contribution in [3.8, 4) is 0 Å². The SMILES string of the molecule is Cc1cn[nH]c1NC(=O)CCC(C)CCN. The second kappa shape index (κ2) is 6.27. The molecule has 1 aromatic rings. The van der Waals surface area contributed by atoms with Gasteiger partial charge in [-0.05, 0) is 32.2 Å². The number of carbonyl (C=O) groups excluding carboxylic acids is 1. The van der Waals surface area contributed by atoms with Crippen molar-refractivity contribution < 1.29 is 4.79 Å². The fraction of sp³-hybridized carbons (Fsp3) is 0.636. The van der Waals surface area contributed by atoms with Crippen molar-refractivity contribution in [2.45, 2.75) is 33.1 Å². The molecule has 0 aliphatic heterocycles. The predicted molar refractivity (Wildman–Crippen MR) is 64.0 cm³/mol. The summed E-state index contributed by atoms with van der Waals surface area (Å²) in [7, 11) is 0. The molecule has 1 amide bonds. The molecule has 0 aliphatic carbocycles. The highest BCUT2D eigenvalue weighted by molar-refractivity contribution is 5.90. The van der Waals surface area contributed by atoms with Crippen LogP contribution < -0.4 is 11.1 Å². The van der Waals surface area contributed by atoms with Crippen molar-refractivity contribution in [3.63, 3.8) is 0 Å². The van der Waals surface area contributed by atoms with Crippen LogP contribution in [0.5, 0.6) is 0 Å². The van der Waals surface area contributed by atoms with Crippen LogP contribution in [-0.2, 0) is 4.79 Å². The van der Waals surface area contributed by atoms with Crippen LogP contribution in [-0.4, -0.2) is 22.6 Å². The van der Waals surface area contributed by atoms with Crippen molar-refractivity contribution in [1.29, 1.82) is 0 Å². The van der Waals surface area contributed by atoms with E-state index in [9.17, 15) is 4.79 Å². The third kappa shape index (κ3) is 4.02. The smallest absolute Gasteiger partial charge is 0.225 e. The molecule has 0 aromatic carbocycles. The lowest BCUT2D eigenvalue weighted by atomic mass is 10.0. The van der Waals surface area contributed by atoms with E-state index >= 15 is 0 Å². The van der Waals surface area contributed by atoms with Crippen LogP contribution in [0.2, 0.25) is 0 Å². The van der Waals surface area contributed by atoms with Crippen molar-refractivity contribution in [1.82, 2.24) is 10.2 Å². The number of aromatic amines is 1. The van der Waals surface area contributed by atoms with Gasteiger partial charge >= 0.3 is 0 Å². The molecule has 1 atom stereocenters. The second-order valence-corrected chi connectivity index (χ2v) is 4.20. The van der Waals surface area contributed by atoms with Gasteiger partial charge in [0.25, 0.3) is 0 Å². The van der Waals surface area contributed by atoms with E-state index in [1.165, 1.54) is 0 Å². The summed E-state index contributed by atoms with van der Waals surface area (Å²) < 4.78 is 0. The lowest BCUT2D eigenvalue weighted by Crippen LogP contribution is -2.14. The van der Waals surface area contributed by atoms with E-state index in [-0.39, 0.29) is 5.91 Å². The highest BCUT2D eigenvalue weighted by atomic mass is 16.1. The molecular weight excluding hydrogens is 204 g/mol. The first kappa shape index (κ1) is 12.7. The molecule has 1 aromatic heterocycles. The standard InChI is InChI=1S/C11H20N4O/c1-8(5-6-12)3-4-10(16)14-11-9(2)7-13-15-11/h7-8H,3-6,12H2,1-2H3,(H2,13,14,15,16). The molecule has 0 saturated heterocycles. The Kier molecular flexibility index (Phi) is 4.98. The number of anilines is 1. The molecule has 5 nitrogen and oxygen atoms in total. The fourth-order valence-electron chi connectivity index (χ4n) is 1.48. The zero-order chi connectivity index (χ0) is 12.0. The van der Waals surface area contributed by atoms with Gasteiger partial charge in [0.05, 0.1) is 6.20 Å². The summed E-state index contributed by atoms with van der Waals surface area (Å²) in [6, 6.07) is 0. The van der Waals surface area contributed by atoms with E-state index in [1.807, 2.05) is 6.92 Å². The molecule has 16 heavy (non-hydrogen) atoms. The minimum atomic E-state index is 0.0243. The fourth-order valence-corrected chi connectivity index (χ4v) is 1.48. The van der Waals surface area contributed by atoms with Gasteiger partial charge in [0, 0.05) is 12.0 Å². The molecule has 0 aliphatic rings. The minimum absolute atomic E-state index is 0.0243. The van der Waals surface area contributed by atoms with Gasteiger partial charge in [-0.1, -0.05) is 6.92 Å². The summed E-state index contributed by atoms with van der Waals surface area (Å²) in [6.45, 7) is 4.69. The summed E-state index contributed by atoms with van der Waals surface area (Å²) in [4.78, 5) is 11.6. The summed E-state index contributed by atoms with van der Waals surface area (Å²) in [5, 5.41) is 9.39.